The summed E-state index contributed by atoms with van der Waals surface area (Å²) in [5.41, 5.74) is 0. The van der Waals surface area contributed by atoms with Crippen molar-refractivity contribution in [3.05, 3.63) is 0 Å². The number of likely N-dealkylation sites (tertiary alicyclic amines) is 2. The monoisotopic (exact) mass is 378 g/mol. The van der Waals surface area contributed by atoms with E-state index in [0.29, 0.717) is 24.9 Å². The molecule has 1 atom stereocenters. The summed E-state index contributed by atoms with van der Waals surface area (Å²) in [4.78, 5) is 29.8. The number of hydrogen-bond acceptors (Lipinski definition) is 3. The third-order valence-electron chi connectivity index (χ3n) is 6.95. The van der Waals surface area contributed by atoms with Crippen molar-refractivity contribution in [1.82, 2.24) is 9.80 Å². The Balaban J connectivity index is 1.49. The van der Waals surface area contributed by atoms with E-state index >= 15 is 0 Å². The fraction of sp³-hybridized carbons (Fsp3) is 0.909. The van der Waals surface area contributed by atoms with Crippen LogP contribution in [-0.2, 0) is 14.3 Å². The van der Waals surface area contributed by atoms with Crippen molar-refractivity contribution in [3.63, 3.8) is 0 Å². The highest BCUT2D eigenvalue weighted by Crippen LogP contribution is 2.29. The van der Waals surface area contributed by atoms with E-state index in [0.717, 1.165) is 64.1 Å². The van der Waals surface area contributed by atoms with Gasteiger partial charge in [-0.2, -0.15) is 0 Å². The molecule has 154 valence electrons. The predicted octanol–water partition coefficient (Wildman–Crippen LogP) is 3.61. The Morgan fingerprint density at radius 2 is 1.74 bits per heavy atom. The molecule has 27 heavy (non-hydrogen) atoms. The van der Waals surface area contributed by atoms with Gasteiger partial charge in [0.25, 0.3) is 0 Å². The molecule has 2 heterocycles. The maximum Gasteiger partial charge on any atom is 0.227 e. The van der Waals surface area contributed by atoms with Gasteiger partial charge in [0.05, 0.1) is 5.92 Å². The molecule has 2 aliphatic heterocycles. The SMILES string of the molecule is COCCCC1CCN(C(=O)[C@@H]2CCC(=O)N(C3CCCCCC3)C2)CC1. The van der Waals surface area contributed by atoms with Crippen LogP contribution in [-0.4, -0.2) is 61.0 Å². The molecule has 2 saturated heterocycles. The minimum Gasteiger partial charge on any atom is -0.385 e. The summed E-state index contributed by atoms with van der Waals surface area (Å²) >= 11 is 0. The van der Waals surface area contributed by atoms with E-state index in [2.05, 4.69) is 9.80 Å². The van der Waals surface area contributed by atoms with Gasteiger partial charge in [-0.05, 0) is 50.9 Å². The average Bonchev–Trinajstić information content (AvgIpc) is 2.98. The quantitative estimate of drug-likeness (QED) is 0.524. The molecule has 5 nitrogen and oxygen atoms in total. The number of hydrogen-bond donors (Lipinski definition) is 0. The molecule has 0 radical (unpaired) electrons. The number of carbonyl (C=O) groups excluding carboxylic acids is 2. The van der Waals surface area contributed by atoms with Gasteiger partial charge in [0.2, 0.25) is 11.8 Å². The lowest BCUT2D eigenvalue weighted by Gasteiger charge is -2.40. The number of rotatable bonds is 6. The molecule has 0 aromatic carbocycles. The summed E-state index contributed by atoms with van der Waals surface area (Å²) in [6.07, 6.45) is 13.2. The summed E-state index contributed by atoms with van der Waals surface area (Å²) < 4.78 is 5.15. The predicted molar refractivity (Wildman–Crippen MR) is 106 cm³/mol. The molecular weight excluding hydrogens is 340 g/mol. The molecule has 0 N–H and O–H groups in total. The first-order chi connectivity index (χ1) is 13.2. The van der Waals surface area contributed by atoms with Gasteiger partial charge >= 0.3 is 0 Å². The van der Waals surface area contributed by atoms with Crippen LogP contribution in [0.3, 0.4) is 0 Å². The molecule has 1 saturated carbocycles. The molecule has 0 aromatic heterocycles. The third-order valence-corrected chi connectivity index (χ3v) is 6.95. The third kappa shape index (κ3) is 5.69. The van der Waals surface area contributed by atoms with Gasteiger partial charge in [-0.3, -0.25) is 9.59 Å². The van der Waals surface area contributed by atoms with Crippen molar-refractivity contribution >= 4 is 11.8 Å². The zero-order chi connectivity index (χ0) is 19.1. The summed E-state index contributed by atoms with van der Waals surface area (Å²) in [5.74, 6) is 1.34. The zero-order valence-electron chi connectivity index (χ0n) is 17.2. The Bertz CT molecular complexity index is 480. The minimum absolute atomic E-state index is 0.0241. The Morgan fingerprint density at radius 1 is 1.04 bits per heavy atom. The van der Waals surface area contributed by atoms with Crippen molar-refractivity contribution in [3.8, 4) is 0 Å². The van der Waals surface area contributed by atoms with Crippen molar-refractivity contribution in [2.24, 2.45) is 11.8 Å². The second kappa shape index (κ2) is 10.4. The number of amides is 2. The second-order valence-corrected chi connectivity index (χ2v) is 8.83. The lowest BCUT2D eigenvalue weighted by Crippen LogP contribution is -2.51. The van der Waals surface area contributed by atoms with E-state index in [-0.39, 0.29) is 11.8 Å². The Morgan fingerprint density at radius 3 is 2.41 bits per heavy atom. The van der Waals surface area contributed by atoms with Crippen LogP contribution in [0.25, 0.3) is 0 Å². The maximum atomic E-state index is 13.1. The first kappa shape index (κ1) is 20.6. The van der Waals surface area contributed by atoms with E-state index in [1.165, 1.54) is 32.1 Å². The van der Waals surface area contributed by atoms with E-state index in [9.17, 15) is 9.59 Å². The first-order valence-corrected chi connectivity index (χ1v) is 11.3. The zero-order valence-corrected chi connectivity index (χ0v) is 17.2. The lowest BCUT2D eigenvalue weighted by molar-refractivity contribution is -0.145. The molecule has 0 aromatic rings. The Kier molecular flexibility index (Phi) is 7.98. The van der Waals surface area contributed by atoms with Crippen LogP contribution in [0, 0.1) is 11.8 Å². The standard InChI is InChI=1S/C22H38N2O3/c1-27-16-6-7-18-12-14-23(15-13-18)22(26)19-10-11-21(25)24(17-19)20-8-4-2-3-5-9-20/h18-20H,2-17H2,1H3/t19-/m1/s1. The highest BCUT2D eigenvalue weighted by atomic mass is 16.5. The van der Waals surface area contributed by atoms with Gasteiger partial charge in [-0.1, -0.05) is 25.7 Å². The molecule has 3 rings (SSSR count). The summed E-state index contributed by atoms with van der Waals surface area (Å²) in [6.45, 7) is 3.29. The number of piperidine rings is 2. The molecular formula is C22H38N2O3. The van der Waals surface area contributed by atoms with Crippen LogP contribution in [0.4, 0.5) is 0 Å². The van der Waals surface area contributed by atoms with Crippen LogP contribution in [0.5, 0.6) is 0 Å². The maximum absolute atomic E-state index is 13.1. The Hall–Kier alpha value is -1.10. The molecule has 0 unspecified atom stereocenters. The van der Waals surface area contributed by atoms with Crippen LogP contribution in [0.15, 0.2) is 0 Å². The Labute approximate surface area is 164 Å². The van der Waals surface area contributed by atoms with Crippen molar-refractivity contribution in [2.75, 3.05) is 33.4 Å². The number of ether oxygens (including phenoxy) is 1. The van der Waals surface area contributed by atoms with E-state index in [1.807, 2.05) is 0 Å². The van der Waals surface area contributed by atoms with Crippen molar-refractivity contribution in [2.45, 2.75) is 83.1 Å². The largest absolute Gasteiger partial charge is 0.385 e. The van der Waals surface area contributed by atoms with Crippen LogP contribution >= 0.6 is 0 Å². The molecule has 0 spiro atoms. The van der Waals surface area contributed by atoms with E-state index < -0.39 is 0 Å². The number of carbonyl (C=O) groups is 2. The van der Waals surface area contributed by atoms with Gasteiger partial charge in [-0.25, -0.2) is 0 Å². The fourth-order valence-corrected chi connectivity index (χ4v) is 5.21. The van der Waals surface area contributed by atoms with Gasteiger partial charge in [0.1, 0.15) is 0 Å². The van der Waals surface area contributed by atoms with Crippen LogP contribution in [0.2, 0.25) is 0 Å². The van der Waals surface area contributed by atoms with Crippen LogP contribution < -0.4 is 0 Å². The molecule has 1 aliphatic carbocycles. The second-order valence-electron chi connectivity index (χ2n) is 8.83. The molecule has 2 amide bonds. The number of nitrogens with zero attached hydrogens (tertiary/aromatic N) is 2. The van der Waals surface area contributed by atoms with E-state index in [1.54, 1.807) is 7.11 Å². The number of methoxy groups -OCH3 is 1. The molecule has 5 heteroatoms. The highest BCUT2D eigenvalue weighted by Gasteiger charge is 2.36. The van der Waals surface area contributed by atoms with Crippen molar-refractivity contribution in [1.29, 1.82) is 0 Å². The first-order valence-electron chi connectivity index (χ1n) is 11.3. The smallest absolute Gasteiger partial charge is 0.227 e. The van der Waals surface area contributed by atoms with Crippen LogP contribution in [0.1, 0.15) is 77.0 Å². The summed E-state index contributed by atoms with van der Waals surface area (Å²) in [5, 5.41) is 0. The normalized spacial score (nSPS) is 26.3. The average molecular weight is 379 g/mol. The summed E-state index contributed by atoms with van der Waals surface area (Å²) in [7, 11) is 1.76. The lowest BCUT2D eigenvalue weighted by atomic mass is 9.89. The van der Waals surface area contributed by atoms with Gasteiger partial charge in [0.15, 0.2) is 0 Å². The molecule has 3 aliphatic rings. The van der Waals surface area contributed by atoms with Gasteiger partial charge in [0, 0.05) is 45.8 Å². The molecule has 0 bridgehead atoms. The molecule has 3 fully saturated rings. The minimum atomic E-state index is 0.0241. The summed E-state index contributed by atoms with van der Waals surface area (Å²) in [6, 6.07) is 0.377. The van der Waals surface area contributed by atoms with E-state index in [4.69, 9.17) is 4.74 Å². The topological polar surface area (TPSA) is 49.9 Å². The fourth-order valence-electron chi connectivity index (χ4n) is 5.21. The van der Waals surface area contributed by atoms with Crippen molar-refractivity contribution < 1.29 is 14.3 Å². The highest BCUT2D eigenvalue weighted by molar-refractivity contribution is 5.84. The van der Waals surface area contributed by atoms with Gasteiger partial charge in [-0.15, -0.1) is 0 Å². The van der Waals surface area contributed by atoms with Gasteiger partial charge < -0.3 is 14.5 Å².